The Morgan fingerprint density at radius 1 is 0.938 bits per heavy atom. The number of esters is 1. The maximum Gasteiger partial charge on any atom is 0.416 e. The highest BCUT2D eigenvalue weighted by molar-refractivity contribution is 6.02. The fraction of sp³-hybridized carbons (Fsp3) is 0.579. The molecule has 10 nitrogen and oxygen atoms in total. The van der Waals surface area contributed by atoms with Crippen molar-refractivity contribution in [3.05, 3.63) is 59.7 Å². The highest BCUT2D eigenvalue weighted by atomic mass is 16.6. The molecular formula is C38H53NO9. The molecule has 3 rings (SSSR count). The molecule has 2 amide bonds. The Kier molecular flexibility index (Phi) is 15.4. The Labute approximate surface area is 285 Å². The van der Waals surface area contributed by atoms with Gasteiger partial charge in [-0.3, -0.25) is 14.4 Å². The second-order valence-corrected chi connectivity index (χ2v) is 13.1. The van der Waals surface area contributed by atoms with Crippen LogP contribution in [0.1, 0.15) is 65.0 Å². The van der Waals surface area contributed by atoms with Crippen LogP contribution in [0.3, 0.4) is 0 Å². The van der Waals surface area contributed by atoms with Crippen molar-refractivity contribution in [2.24, 2.45) is 29.6 Å². The molecule has 2 aromatic rings. The van der Waals surface area contributed by atoms with Gasteiger partial charge < -0.3 is 23.7 Å². The number of imide groups is 1. The molecule has 0 aliphatic carbocycles. The molecule has 10 heteroatoms. The third kappa shape index (κ3) is 10.8. The lowest BCUT2D eigenvalue weighted by Gasteiger charge is -2.29. The van der Waals surface area contributed by atoms with Crippen LogP contribution in [-0.2, 0) is 41.4 Å². The molecule has 4 atom stereocenters. The van der Waals surface area contributed by atoms with Crippen LogP contribution in [0.4, 0.5) is 4.79 Å². The largest absolute Gasteiger partial charge is 0.493 e. The highest BCUT2D eigenvalue weighted by Gasteiger charge is 2.43. The third-order valence-electron chi connectivity index (χ3n) is 8.97. The Hall–Kier alpha value is -3.92. The lowest BCUT2D eigenvalue weighted by Crippen LogP contribution is -2.46. The van der Waals surface area contributed by atoms with E-state index < -0.39 is 35.8 Å². The van der Waals surface area contributed by atoms with Gasteiger partial charge in [0.1, 0.15) is 18.3 Å². The molecule has 0 saturated carbocycles. The summed E-state index contributed by atoms with van der Waals surface area (Å²) in [6.07, 6.45) is 1.13. The first-order valence-electron chi connectivity index (χ1n) is 17.0. The Bertz CT molecular complexity index is 1340. The van der Waals surface area contributed by atoms with Crippen LogP contribution >= 0.6 is 0 Å². The molecule has 1 aliphatic heterocycles. The minimum Gasteiger partial charge on any atom is -0.493 e. The predicted molar refractivity (Wildman–Crippen MR) is 182 cm³/mol. The van der Waals surface area contributed by atoms with Crippen LogP contribution in [0.5, 0.6) is 11.5 Å². The van der Waals surface area contributed by atoms with Crippen molar-refractivity contribution in [2.45, 2.75) is 72.8 Å². The first-order valence-corrected chi connectivity index (χ1v) is 17.0. The van der Waals surface area contributed by atoms with E-state index in [1.807, 2.05) is 62.4 Å². The predicted octanol–water partition coefficient (Wildman–Crippen LogP) is 6.32. The van der Waals surface area contributed by atoms with Crippen LogP contribution in [0.25, 0.3) is 0 Å². The van der Waals surface area contributed by atoms with Crippen molar-refractivity contribution in [2.75, 3.05) is 40.6 Å². The molecule has 1 fully saturated rings. The molecule has 0 bridgehead atoms. The number of carbonyl (C=O) groups is 4. The molecule has 0 N–H and O–H groups in total. The molecule has 0 aromatic heterocycles. The summed E-state index contributed by atoms with van der Waals surface area (Å²) in [5, 5.41) is 0. The molecule has 264 valence electrons. The summed E-state index contributed by atoms with van der Waals surface area (Å²) in [7, 11) is 3.24. The minimum atomic E-state index is -1.06. The number of ketones is 1. The van der Waals surface area contributed by atoms with Gasteiger partial charge in [-0.2, -0.15) is 0 Å². The van der Waals surface area contributed by atoms with Gasteiger partial charge in [-0.25, -0.2) is 9.69 Å². The standard InChI is InChI=1S/C38H53NO9/c1-8-46-37(42)32(22-29(25(2)3)19-28-15-16-34(45-7)35(21-28)47-18-12-17-44-6)33(40)23-31(26(4)5)36(41)39-30(24-48-38(39)43)20-27-13-10-9-11-14-27/h9-11,13-16,21,25-26,29-32H,8,12,17-20,22-24H2,1-7H3/t29-,30-,31-,32?/m0/s1. The fourth-order valence-electron chi connectivity index (χ4n) is 6.06. The average Bonchev–Trinajstić information content (AvgIpc) is 3.42. The van der Waals surface area contributed by atoms with E-state index in [1.54, 1.807) is 21.1 Å². The van der Waals surface area contributed by atoms with Crippen LogP contribution in [-0.4, -0.2) is 75.3 Å². The molecular weight excluding hydrogens is 614 g/mol. The summed E-state index contributed by atoms with van der Waals surface area (Å²) in [6, 6.07) is 14.9. The molecule has 1 heterocycles. The number of Topliss-reactive ketones (excluding diaryl/α,β-unsaturated/α-hetero) is 1. The van der Waals surface area contributed by atoms with E-state index in [4.69, 9.17) is 23.7 Å². The van der Waals surface area contributed by atoms with E-state index in [9.17, 15) is 19.2 Å². The van der Waals surface area contributed by atoms with Gasteiger partial charge in [0.25, 0.3) is 0 Å². The number of cyclic esters (lactones) is 1. The number of nitrogens with zero attached hydrogens (tertiary/aromatic N) is 1. The van der Waals surface area contributed by atoms with Crippen LogP contribution in [0.2, 0.25) is 0 Å². The number of rotatable bonds is 20. The van der Waals surface area contributed by atoms with Crippen molar-refractivity contribution in [1.29, 1.82) is 0 Å². The van der Waals surface area contributed by atoms with Gasteiger partial charge >= 0.3 is 12.1 Å². The van der Waals surface area contributed by atoms with Crippen LogP contribution < -0.4 is 9.47 Å². The van der Waals surface area contributed by atoms with Crippen LogP contribution in [0.15, 0.2) is 48.5 Å². The maximum absolute atomic E-state index is 14.0. The Morgan fingerprint density at radius 2 is 1.67 bits per heavy atom. The van der Waals surface area contributed by atoms with E-state index in [0.717, 1.165) is 17.5 Å². The van der Waals surface area contributed by atoms with Gasteiger partial charge in [-0.05, 0) is 67.2 Å². The topological polar surface area (TPSA) is 118 Å². The number of amides is 2. The van der Waals surface area contributed by atoms with Crippen molar-refractivity contribution in [3.8, 4) is 11.5 Å². The van der Waals surface area contributed by atoms with E-state index in [2.05, 4.69) is 13.8 Å². The number of hydrogen-bond donors (Lipinski definition) is 0. The smallest absolute Gasteiger partial charge is 0.416 e. The zero-order valence-corrected chi connectivity index (χ0v) is 29.6. The lowest BCUT2D eigenvalue weighted by atomic mass is 9.78. The van der Waals surface area contributed by atoms with Gasteiger partial charge in [0.05, 0.1) is 26.4 Å². The van der Waals surface area contributed by atoms with Gasteiger partial charge in [0.2, 0.25) is 5.91 Å². The summed E-state index contributed by atoms with van der Waals surface area (Å²) in [4.78, 5) is 55.3. The summed E-state index contributed by atoms with van der Waals surface area (Å²) in [5.74, 6) is -2.24. The van der Waals surface area contributed by atoms with Gasteiger partial charge in [-0.1, -0.05) is 64.1 Å². The van der Waals surface area contributed by atoms with Crippen molar-refractivity contribution >= 4 is 23.8 Å². The molecule has 48 heavy (non-hydrogen) atoms. The van der Waals surface area contributed by atoms with E-state index >= 15 is 0 Å². The fourth-order valence-corrected chi connectivity index (χ4v) is 6.06. The SMILES string of the molecule is CCOC(=O)C(C[C@H](Cc1ccc(OC)c(OCCCOC)c1)C(C)C)C(=O)C[C@H](C(=O)N1C(=O)OC[C@@H]1Cc1ccccc1)C(C)C. The number of carbonyl (C=O) groups excluding carboxylic acids is 4. The number of hydrogen-bond acceptors (Lipinski definition) is 9. The zero-order valence-electron chi connectivity index (χ0n) is 29.6. The van der Waals surface area contributed by atoms with Gasteiger partial charge in [0, 0.05) is 32.5 Å². The monoisotopic (exact) mass is 667 g/mol. The number of methoxy groups -OCH3 is 2. The second kappa shape index (κ2) is 19.2. The van der Waals surface area contributed by atoms with Crippen molar-refractivity contribution in [3.63, 3.8) is 0 Å². The van der Waals surface area contributed by atoms with Crippen molar-refractivity contribution < 1.29 is 42.9 Å². The number of benzene rings is 2. The molecule has 1 aliphatic rings. The molecule has 0 radical (unpaired) electrons. The van der Waals surface area contributed by atoms with E-state index in [-0.39, 0.29) is 49.6 Å². The Morgan fingerprint density at radius 3 is 2.29 bits per heavy atom. The lowest BCUT2D eigenvalue weighted by molar-refractivity contribution is -0.154. The minimum absolute atomic E-state index is 0.0601. The average molecular weight is 668 g/mol. The summed E-state index contributed by atoms with van der Waals surface area (Å²) in [5.41, 5.74) is 1.96. The van der Waals surface area contributed by atoms with E-state index in [0.29, 0.717) is 37.6 Å². The molecule has 1 saturated heterocycles. The summed E-state index contributed by atoms with van der Waals surface area (Å²) >= 11 is 0. The summed E-state index contributed by atoms with van der Waals surface area (Å²) in [6.45, 7) is 10.8. The quantitative estimate of drug-likeness (QED) is 0.0909. The maximum atomic E-state index is 14.0. The normalized spacial score (nSPS) is 16.4. The zero-order chi connectivity index (χ0) is 35.2. The highest BCUT2D eigenvalue weighted by Crippen LogP contribution is 2.33. The second-order valence-electron chi connectivity index (χ2n) is 13.1. The third-order valence-corrected chi connectivity index (χ3v) is 8.97. The number of ether oxygens (including phenoxy) is 5. The van der Waals surface area contributed by atoms with Gasteiger partial charge in [-0.15, -0.1) is 0 Å². The van der Waals surface area contributed by atoms with Crippen molar-refractivity contribution in [1.82, 2.24) is 4.90 Å². The Balaban J connectivity index is 1.80. The molecule has 0 spiro atoms. The van der Waals surface area contributed by atoms with Crippen LogP contribution in [0, 0.1) is 29.6 Å². The van der Waals surface area contributed by atoms with E-state index in [1.165, 1.54) is 4.90 Å². The first-order chi connectivity index (χ1) is 23.0. The van der Waals surface area contributed by atoms with Gasteiger partial charge in [0.15, 0.2) is 11.5 Å². The molecule has 2 aromatic carbocycles. The summed E-state index contributed by atoms with van der Waals surface area (Å²) < 4.78 is 27.3. The first kappa shape index (κ1) is 38.5. The molecule has 1 unspecified atom stereocenters.